The lowest BCUT2D eigenvalue weighted by Gasteiger charge is -1.93. The number of pyridine rings is 1. The summed E-state index contributed by atoms with van der Waals surface area (Å²) >= 11 is 0. The van der Waals surface area contributed by atoms with E-state index in [0.717, 1.165) is 5.52 Å². The first-order chi connectivity index (χ1) is 11.3. The Bertz CT molecular complexity index is 822. The Kier molecular flexibility index (Phi) is 4.55. The maximum atomic E-state index is 11.6. The molecule has 0 saturated heterocycles. The molecule has 2 heterocycles. The third-order valence-corrected chi connectivity index (χ3v) is 3.22. The van der Waals surface area contributed by atoms with Gasteiger partial charge in [-0.25, -0.2) is 0 Å². The summed E-state index contributed by atoms with van der Waals surface area (Å²) in [6.07, 6.45) is 3.19. The monoisotopic (exact) mass is 302 g/mol. The highest BCUT2D eigenvalue weighted by Gasteiger charge is 2.10. The third-order valence-electron chi connectivity index (χ3n) is 3.22. The third kappa shape index (κ3) is 3.68. The molecule has 0 atom stereocenters. The molecule has 2 aromatic heterocycles. The van der Waals surface area contributed by atoms with Crippen molar-refractivity contribution in [1.29, 1.82) is 0 Å². The normalized spacial score (nSPS) is 9.91. The van der Waals surface area contributed by atoms with Gasteiger partial charge in [0, 0.05) is 23.2 Å². The Morgan fingerprint density at radius 2 is 1.57 bits per heavy atom. The zero-order valence-electron chi connectivity index (χ0n) is 12.3. The van der Waals surface area contributed by atoms with E-state index in [2.05, 4.69) is 26.8 Å². The van der Waals surface area contributed by atoms with Gasteiger partial charge < -0.3 is 4.52 Å². The van der Waals surface area contributed by atoms with E-state index in [1.165, 1.54) is 11.6 Å². The van der Waals surface area contributed by atoms with E-state index in [1.54, 1.807) is 18.2 Å². The summed E-state index contributed by atoms with van der Waals surface area (Å²) in [5.41, 5.74) is 2.02. The number of benzene rings is 2. The van der Waals surface area contributed by atoms with Gasteiger partial charge in [-0.3, -0.25) is 9.78 Å². The molecule has 0 amide bonds. The van der Waals surface area contributed by atoms with E-state index < -0.39 is 0 Å². The summed E-state index contributed by atoms with van der Waals surface area (Å²) in [5.74, 6) is -0.116. The van der Waals surface area contributed by atoms with Crippen LogP contribution in [0.5, 0.6) is 0 Å². The number of hydrogen-bond donors (Lipinski definition) is 0. The van der Waals surface area contributed by atoms with Crippen LogP contribution in [-0.4, -0.2) is 15.9 Å². The minimum absolute atomic E-state index is 0.116. The molecule has 0 saturated carbocycles. The fraction of sp³-hybridized carbons (Fsp3) is 0. The molecular weight excluding hydrogens is 288 g/mol. The molecule has 0 unspecified atom stereocenters. The molecule has 4 heteroatoms. The summed E-state index contributed by atoms with van der Waals surface area (Å²) < 4.78 is 4.59. The lowest BCUT2D eigenvalue weighted by molar-refractivity contribution is 0.103. The molecule has 0 aliphatic heterocycles. The van der Waals surface area contributed by atoms with Crippen molar-refractivity contribution < 1.29 is 9.32 Å². The highest BCUT2D eigenvalue weighted by molar-refractivity contribution is 6.07. The molecule has 2 aromatic carbocycles. The van der Waals surface area contributed by atoms with Crippen molar-refractivity contribution in [1.82, 2.24) is 10.1 Å². The fourth-order valence-electron chi connectivity index (χ4n) is 2.08. The van der Waals surface area contributed by atoms with Gasteiger partial charge in [-0.15, -0.1) is 0 Å². The summed E-state index contributed by atoms with van der Waals surface area (Å²) in [6, 6.07) is 22.6. The van der Waals surface area contributed by atoms with Crippen molar-refractivity contribution in [2.24, 2.45) is 0 Å². The second-order valence-corrected chi connectivity index (χ2v) is 4.78. The van der Waals surface area contributed by atoms with Crippen molar-refractivity contribution in [3.63, 3.8) is 0 Å². The van der Waals surface area contributed by atoms with Gasteiger partial charge >= 0.3 is 0 Å². The molecule has 4 rings (SSSR count). The molecule has 0 aliphatic carbocycles. The number of fused-ring (bicyclic) bond motifs is 1. The Morgan fingerprint density at radius 3 is 2.30 bits per heavy atom. The van der Waals surface area contributed by atoms with Crippen molar-refractivity contribution >= 4 is 16.7 Å². The summed E-state index contributed by atoms with van der Waals surface area (Å²) in [7, 11) is 0. The van der Waals surface area contributed by atoms with Crippen LogP contribution in [0.1, 0.15) is 16.1 Å². The van der Waals surface area contributed by atoms with Crippen molar-refractivity contribution in [3.8, 4) is 0 Å². The highest BCUT2D eigenvalue weighted by atomic mass is 16.5. The maximum absolute atomic E-state index is 11.6. The van der Waals surface area contributed by atoms with Crippen LogP contribution in [0.4, 0.5) is 0 Å². The first kappa shape index (κ1) is 14.7. The average Bonchev–Trinajstić information content (AvgIpc) is 3.17. The number of aromatic nitrogens is 2. The number of carbonyl (C=O) groups is 1. The topological polar surface area (TPSA) is 56.0 Å². The number of ketones is 1. The smallest absolute Gasteiger partial charge is 0.214 e. The Hall–Kier alpha value is -3.27. The molecule has 112 valence electrons. The van der Waals surface area contributed by atoms with Crippen LogP contribution in [0.3, 0.4) is 0 Å². The average molecular weight is 302 g/mol. The van der Waals surface area contributed by atoms with E-state index in [1.807, 2.05) is 48.7 Å². The SMILES string of the molecule is O=C(c1ccccc1)c1ccon1.c1ccc2ncccc2c1. The minimum atomic E-state index is -0.116. The number of rotatable bonds is 2. The molecule has 0 N–H and O–H groups in total. The van der Waals surface area contributed by atoms with Gasteiger partial charge in [-0.1, -0.05) is 59.8 Å². The highest BCUT2D eigenvalue weighted by Crippen LogP contribution is 2.08. The van der Waals surface area contributed by atoms with Crippen molar-refractivity contribution in [3.05, 3.63) is 96.5 Å². The van der Waals surface area contributed by atoms with Crippen LogP contribution in [0.2, 0.25) is 0 Å². The van der Waals surface area contributed by atoms with Gasteiger partial charge in [0.05, 0.1) is 5.52 Å². The Labute approximate surface area is 133 Å². The molecule has 23 heavy (non-hydrogen) atoms. The van der Waals surface area contributed by atoms with Crippen LogP contribution in [0, 0.1) is 0 Å². The second-order valence-electron chi connectivity index (χ2n) is 4.78. The maximum Gasteiger partial charge on any atom is 0.214 e. The summed E-state index contributed by atoms with van der Waals surface area (Å²) in [4.78, 5) is 15.8. The second kappa shape index (κ2) is 7.13. The first-order valence-electron chi connectivity index (χ1n) is 7.14. The standard InChI is InChI=1S/C10H7NO2.C9H7N/c12-10(9-6-7-13-11-9)8-4-2-1-3-5-8;1-2-6-9-8(4-1)5-3-7-10-9/h1-7H;1-7H. The largest absolute Gasteiger partial charge is 0.364 e. The fourth-order valence-corrected chi connectivity index (χ4v) is 2.08. The predicted octanol–water partition coefficient (Wildman–Crippen LogP) is 4.14. The molecule has 0 bridgehead atoms. The molecule has 4 aromatic rings. The van der Waals surface area contributed by atoms with Gasteiger partial charge in [0.25, 0.3) is 0 Å². The lowest BCUT2D eigenvalue weighted by Crippen LogP contribution is -2.00. The van der Waals surface area contributed by atoms with E-state index in [9.17, 15) is 4.79 Å². The van der Waals surface area contributed by atoms with Crippen molar-refractivity contribution in [2.45, 2.75) is 0 Å². The van der Waals surface area contributed by atoms with Gasteiger partial charge in [0.2, 0.25) is 5.78 Å². The number of para-hydroxylation sites is 1. The predicted molar refractivity (Wildman–Crippen MR) is 88.1 cm³/mol. The zero-order chi connectivity index (χ0) is 15.9. The number of nitrogens with zero attached hydrogens (tertiary/aromatic N) is 2. The first-order valence-corrected chi connectivity index (χ1v) is 7.14. The number of hydrogen-bond acceptors (Lipinski definition) is 4. The minimum Gasteiger partial charge on any atom is -0.364 e. The van der Waals surface area contributed by atoms with Crippen LogP contribution in [-0.2, 0) is 0 Å². The van der Waals surface area contributed by atoms with Gasteiger partial charge in [-0.05, 0) is 12.1 Å². The van der Waals surface area contributed by atoms with Gasteiger partial charge in [-0.2, -0.15) is 0 Å². The van der Waals surface area contributed by atoms with Crippen LogP contribution >= 0.6 is 0 Å². The molecule has 4 nitrogen and oxygen atoms in total. The molecule has 0 spiro atoms. The Balaban J connectivity index is 0.000000140. The lowest BCUT2D eigenvalue weighted by atomic mass is 10.1. The Morgan fingerprint density at radius 1 is 0.826 bits per heavy atom. The summed E-state index contributed by atoms with van der Waals surface area (Å²) in [6.45, 7) is 0. The van der Waals surface area contributed by atoms with E-state index in [-0.39, 0.29) is 5.78 Å². The summed E-state index contributed by atoms with van der Waals surface area (Å²) in [5, 5.41) is 4.77. The number of carbonyl (C=O) groups excluding carboxylic acids is 1. The molecular formula is C19H14N2O2. The van der Waals surface area contributed by atoms with Crippen LogP contribution in [0.25, 0.3) is 10.9 Å². The van der Waals surface area contributed by atoms with Crippen LogP contribution < -0.4 is 0 Å². The van der Waals surface area contributed by atoms with E-state index in [0.29, 0.717) is 11.3 Å². The van der Waals surface area contributed by atoms with Crippen LogP contribution in [0.15, 0.2) is 89.8 Å². The van der Waals surface area contributed by atoms with Gasteiger partial charge in [0.1, 0.15) is 6.26 Å². The molecule has 0 fully saturated rings. The quantitative estimate of drug-likeness (QED) is 0.522. The zero-order valence-corrected chi connectivity index (χ0v) is 12.3. The van der Waals surface area contributed by atoms with Gasteiger partial charge in [0.15, 0.2) is 5.69 Å². The van der Waals surface area contributed by atoms with E-state index in [4.69, 9.17) is 0 Å². The van der Waals surface area contributed by atoms with Crippen molar-refractivity contribution in [2.75, 3.05) is 0 Å². The molecule has 0 radical (unpaired) electrons. The molecule has 0 aliphatic rings. The van der Waals surface area contributed by atoms with E-state index >= 15 is 0 Å².